The number of benzene rings is 1. The molecule has 3 aliphatic heterocycles. The van der Waals surface area contributed by atoms with Crippen molar-refractivity contribution in [2.75, 3.05) is 11.4 Å². The third-order valence-electron chi connectivity index (χ3n) is 7.89. The summed E-state index contributed by atoms with van der Waals surface area (Å²) in [6.07, 6.45) is 7.16. The molecule has 4 N–H and O–H groups in total. The van der Waals surface area contributed by atoms with Crippen molar-refractivity contribution in [1.82, 2.24) is 26.3 Å². The number of carbonyl (C=O) groups is 3. The van der Waals surface area contributed by atoms with Gasteiger partial charge in [0.15, 0.2) is 0 Å². The van der Waals surface area contributed by atoms with Gasteiger partial charge in [-0.3, -0.25) is 14.5 Å². The van der Waals surface area contributed by atoms with Gasteiger partial charge in [0.2, 0.25) is 5.91 Å². The minimum Gasteiger partial charge on any atom is -0.456 e. The first-order chi connectivity index (χ1) is 19.5. The van der Waals surface area contributed by atoms with Gasteiger partial charge < -0.3 is 26.0 Å². The molecule has 3 fully saturated rings. The number of nitrogens with zero attached hydrogens (tertiary/aromatic N) is 2. The molecule has 1 aromatic carbocycles. The minimum absolute atomic E-state index is 0.0408. The number of thioether (sulfide) groups is 1. The second kappa shape index (κ2) is 11.3. The van der Waals surface area contributed by atoms with Crippen molar-refractivity contribution in [2.24, 2.45) is 5.92 Å². The lowest BCUT2D eigenvalue weighted by Crippen LogP contribution is -2.62. The zero-order valence-corrected chi connectivity index (χ0v) is 22.8. The SMILES string of the molecule is C=CC(=O)N[C@@H]1CCCC[C@H]1NC(=O)C1=C2NC(=O)N(c3ccc(Oc4ccccc4)cn3)C3CCNC(S1)C23. The van der Waals surface area contributed by atoms with E-state index in [9.17, 15) is 14.4 Å². The van der Waals surface area contributed by atoms with Crippen LogP contribution in [-0.4, -0.2) is 52.9 Å². The monoisotopic (exact) mass is 560 g/mol. The van der Waals surface area contributed by atoms with Crippen molar-refractivity contribution in [3.8, 4) is 11.5 Å². The number of nitrogens with one attached hydrogen (secondary N) is 4. The van der Waals surface area contributed by atoms with Gasteiger partial charge in [0.1, 0.15) is 17.3 Å². The third kappa shape index (κ3) is 5.18. The zero-order chi connectivity index (χ0) is 27.6. The van der Waals surface area contributed by atoms with Gasteiger partial charge in [0, 0.05) is 23.7 Å². The third-order valence-corrected chi connectivity index (χ3v) is 9.24. The number of pyridine rings is 1. The van der Waals surface area contributed by atoms with Crippen molar-refractivity contribution in [2.45, 2.75) is 55.6 Å². The molecule has 1 aliphatic carbocycles. The highest BCUT2D eigenvalue weighted by Crippen LogP contribution is 2.47. The molecule has 5 atom stereocenters. The van der Waals surface area contributed by atoms with Crippen LogP contribution in [0.15, 0.2) is 71.9 Å². The highest BCUT2D eigenvalue weighted by molar-refractivity contribution is 8.04. The lowest BCUT2D eigenvalue weighted by Gasteiger charge is -2.45. The number of hydrogen-bond donors (Lipinski definition) is 4. The Kier molecular flexibility index (Phi) is 7.48. The molecular formula is C29H32N6O4S. The Hall–Kier alpha value is -3.83. The lowest BCUT2D eigenvalue weighted by molar-refractivity contribution is -0.120. The maximum atomic E-state index is 13.6. The predicted octanol–water partition coefficient (Wildman–Crippen LogP) is 3.40. The molecule has 4 amide bonds. The van der Waals surface area contributed by atoms with E-state index in [1.807, 2.05) is 30.3 Å². The fourth-order valence-corrected chi connectivity index (χ4v) is 7.44. The summed E-state index contributed by atoms with van der Waals surface area (Å²) in [6.45, 7) is 4.26. The summed E-state index contributed by atoms with van der Waals surface area (Å²) in [7, 11) is 0. The van der Waals surface area contributed by atoms with Gasteiger partial charge in [0.05, 0.1) is 22.5 Å². The van der Waals surface area contributed by atoms with E-state index in [0.29, 0.717) is 27.9 Å². The van der Waals surface area contributed by atoms with Crippen LogP contribution in [0.25, 0.3) is 0 Å². The second-order valence-corrected chi connectivity index (χ2v) is 11.5. The quantitative estimate of drug-likeness (QED) is 0.383. The van der Waals surface area contributed by atoms with Crippen LogP contribution in [0.4, 0.5) is 10.6 Å². The van der Waals surface area contributed by atoms with Crippen LogP contribution in [0.3, 0.4) is 0 Å². The van der Waals surface area contributed by atoms with E-state index in [1.54, 1.807) is 23.2 Å². The average Bonchev–Trinajstić information content (AvgIpc) is 3.35. The number of aromatic nitrogens is 1. The van der Waals surface area contributed by atoms with Crippen molar-refractivity contribution in [3.05, 3.63) is 71.9 Å². The van der Waals surface area contributed by atoms with Gasteiger partial charge in [-0.15, -0.1) is 0 Å². The van der Waals surface area contributed by atoms with Crippen LogP contribution < -0.4 is 30.9 Å². The molecule has 10 nitrogen and oxygen atoms in total. The topological polar surface area (TPSA) is 125 Å². The summed E-state index contributed by atoms with van der Waals surface area (Å²) < 4.78 is 5.86. The van der Waals surface area contributed by atoms with Crippen molar-refractivity contribution >= 4 is 35.4 Å². The minimum atomic E-state index is -0.303. The molecule has 40 heavy (non-hydrogen) atoms. The molecule has 2 aromatic rings. The van der Waals surface area contributed by atoms with Crippen molar-refractivity contribution in [1.29, 1.82) is 0 Å². The summed E-state index contributed by atoms with van der Waals surface area (Å²) in [6, 6.07) is 12.3. The highest BCUT2D eigenvalue weighted by Gasteiger charge is 2.52. The first-order valence-electron chi connectivity index (χ1n) is 13.7. The molecular weight excluding hydrogens is 528 g/mol. The van der Waals surface area contributed by atoms with E-state index in [4.69, 9.17) is 4.74 Å². The zero-order valence-electron chi connectivity index (χ0n) is 22.0. The average molecular weight is 561 g/mol. The fourth-order valence-electron chi connectivity index (χ4n) is 6.04. The molecule has 208 valence electrons. The number of anilines is 1. The number of urea groups is 1. The molecule has 0 radical (unpaired) electrons. The standard InChI is InChI=1S/C29H32N6O4S/c1-2-23(36)32-19-10-6-7-11-20(19)33-27(37)26-25-24-21(14-15-30-28(24)40-26)35(29(38)34-25)22-13-12-18(16-31-22)39-17-8-4-3-5-9-17/h2-5,8-9,12-13,16,19-21,24,28,30H,1,6-7,10-11,14-15H2,(H,32,36)(H,33,37)(H,34,38)/t19-,20-,21?,24?,28?/m1/s1. The molecule has 2 saturated heterocycles. The van der Waals surface area contributed by atoms with Crippen LogP contribution >= 0.6 is 11.8 Å². The van der Waals surface area contributed by atoms with Crippen molar-refractivity contribution < 1.29 is 19.1 Å². The van der Waals surface area contributed by atoms with Gasteiger partial charge in [-0.1, -0.05) is 49.4 Å². The largest absolute Gasteiger partial charge is 0.456 e. The van der Waals surface area contributed by atoms with E-state index < -0.39 is 0 Å². The Morgan fingerprint density at radius 3 is 2.55 bits per heavy atom. The van der Waals surface area contributed by atoms with Crippen LogP contribution in [0.1, 0.15) is 32.1 Å². The van der Waals surface area contributed by atoms with Gasteiger partial charge >= 0.3 is 6.03 Å². The van der Waals surface area contributed by atoms with Crippen LogP contribution in [0, 0.1) is 5.92 Å². The Labute approximate surface area is 237 Å². The Balaban J connectivity index is 1.20. The molecule has 0 spiro atoms. The van der Waals surface area contributed by atoms with Gasteiger partial charge in [-0.05, 0) is 56.1 Å². The predicted molar refractivity (Wildman–Crippen MR) is 153 cm³/mol. The smallest absolute Gasteiger partial charge is 0.327 e. The number of hydrogen-bond acceptors (Lipinski definition) is 7. The van der Waals surface area contributed by atoms with E-state index in [2.05, 4.69) is 32.8 Å². The number of ether oxygens (including phenoxy) is 1. The lowest BCUT2D eigenvalue weighted by atomic mass is 9.86. The molecule has 0 bridgehead atoms. The molecule has 4 heterocycles. The van der Waals surface area contributed by atoms with Gasteiger partial charge in [0.25, 0.3) is 5.91 Å². The molecule has 1 aromatic heterocycles. The fraction of sp³-hybridized carbons (Fsp3) is 0.379. The normalized spacial score (nSPS) is 27.4. The number of rotatable bonds is 7. The first kappa shape index (κ1) is 26.4. The van der Waals surface area contributed by atoms with Gasteiger partial charge in [-0.25, -0.2) is 9.78 Å². The Morgan fingerprint density at radius 2 is 1.82 bits per heavy atom. The molecule has 1 saturated carbocycles. The number of carbonyl (C=O) groups excluding carboxylic acids is 3. The Bertz CT molecular complexity index is 1330. The first-order valence-corrected chi connectivity index (χ1v) is 14.6. The Morgan fingerprint density at radius 1 is 1.05 bits per heavy atom. The van der Waals surface area contributed by atoms with E-state index >= 15 is 0 Å². The maximum absolute atomic E-state index is 13.6. The van der Waals surface area contributed by atoms with Crippen LogP contribution in [-0.2, 0) is 9.59 Å². The number of para-hydroxylation sites is 1. The second-order valence-electron chi connectivity index (χ2n) is 10.4. The van der Waals surface area contributed by atoms with Gasteiger partial charge in [-0.2, -0.15) is 0 Å². The van der Waals surface area contributed by atoms with Crippen LogP contribution in [0.2, 0.25) is 0 Å². The number of piperidine rings is 1. The highest BCUT2D eigenvalue weighted by atomic mass is 32.2. The van der Waals surface area contributed by atoms with E-state index in [-0.39, 0.29) is 47.3 Å². The molecule has 3 unspecified atom stereocenters. The number of amides is 4. The summed E-state index contributed by atoms with van der Waals surface area (Å²) in [4.78, 5) is 45.8. The summed E-state index contributed by atoms with van der Waals surface area (Å²) in [5.41, 5.74) is 0.664. The summed E-state index contributed by atoms with van der Waals surface area (Å²) in [5, 5.41) is 12.6. The van der Waals surface area contributed by atoms with Crippen LogP contribution in [0.5, 0.6) is 11.5 Å². The molecule has 4 aliphatic rings. The maximum Gasteiger partial charge on any atom is 0.327 e. The van der Waals surface area contributed by atoms with E-state index in [1.165, 1.54) is 17.8 Å². The summed E-state index contributed by atoms with van der Waals surface area (Å²) in [5.74, 6) is 1.29. The summed E-state index contributed by atoms with van der Waals surface area (Å²) >= 11 is 1.46. The molecule has 11 heteroatoms. The molecule has 6 rings (SSSR count). The van der Waals surface area contributed by atoms with Crippen molar-refractivity contribution in [3.63, 3.8) is 0 Å². The van der Waals surface area contributed by atoms with E-state index in [0.717, 1.165) is 38.6 Å².